The lowest BCUT2D eigenvalue weighted by molar-refractivity contribution is -0.113. The van der Waals surface area contributed by atoms with Gasteiger partial charge in [0.15, 0.2) is 5.16 Å². The predicted molar refractivity (Wildman–Crippen MR) is 133 cm³/mol. The first kappa shape index (κ1) is 22.0. The number of hydrogen-bond donors (Lipinski definition) is 1. The Bertz CT molecular complexity index is 1230. The molecule has 0 saturated heterocycles. The number of imidazole rings is 1. The van der Waals surface area contributed by atoms with Crippen LogP contribution in [0.25, 0.3) is 16.9 Å². The Balaban J connectivity index is 1.61. The summed E-state index contributed by atoms with van der Waals surface area (Å²) in [5, 5.41) is 4.75. The van der Waals surface area contributed by atoms with Gasteiger partial charge in [-0.1, -0.05) is 75.2 Å². The second-order valence-electron chi connectivity index (χ2n) is 6.60. The Morgan fingerprint density at radius 2 is 1.71 bits per heavy atom. The van der Waals surface area contributed by atoms with Crippen molar-refractivity contribution >= 4 is 62.5 Å². The Kier molecular flexibility index (Phi) is 7.02. The highest BCUT2D eigenvalue weighted by molar-refractivity contribution is 9.10. The summed E-state index contributed by atoms with van der Waals surface area (Å²) < 4.78 is 3.00. The van der Waals surface area contributed by atoms with E-state index >= 15 is 0 Å². The van der Waals surface area contributed by atoms with E-state index < -0.39 is 0 Å². The predicted octanol–water partition coefficient (Wildman–Crippen LogP) is 7.34. The quantitative estimate of drug-likeness (QED) is 0.264. The maximum atomic E-state index is 12.5. The third kappa shape index (κ3) is 5.52. The van der Waals surface area contributed by atoms with Crippen LogP contribution in [0.2, 0.25) is 10.0 Å². The second kappa shape index (κ2) is 9.92. The van der Waals surface area contributed by atoms with Gasteiger partial charge in [0.1, 0.15) is 0 Å². The molecule has 0 radical (unpaired) electrons. The number of thioether (sulfide) groups is 1. The third-order valence-corrected chi connectivity index (χ3v) is 6.33. The van der Waals surface area contributed by atoms with Crippen LogP contribution < -0.4 is 5.32 Å². The summed E-state index contributed by atoms with van der Waals surface area (Å²) in [5.74, 6) is 0.0576. The largest absolute Gasteiger partial charge is 0.325 e. The van der Waals surface area contributed by atoms with Gasteiger partial charge in [0.2, 0.25) is 5.91 Å². The Morgan fingerprint density at radius 1 is 1.00 bits per heavy atom. The first-order valence-electron chi connectivity index (χ1n) is 9.27. The summed E-state index contributed by atoms with van der Waals surface area (Å²) in [6, 6.07) is 22.6. The van der Waals surface area contributed by atoms with Gasteiger partial charge in [-0.05, 0) is 48.5 Å². The van der Waals surface area contributed by atoms with Crippen LogP contribution in [0, 0.1) is 0 Å². The summed E-state index contributed by atoms with van der Waals surface area (Å²) in [4.78, 5) is 17.1. The lowest BCUT2D eigenvalue weighted by atomic mass is 10.1. The number of halogens is 3. The number of anilines is 1. The van der Waals surface area contributed by atoms with Gasteiger partial charge in [-0.3, -0.25) is 9.36 Å². The average molecular weight is 533 g/mol. The molecule has 31 heavy (non-hydrogen) atoms. The molecule has 1 amide bonds. The van der Waals surface area contributed by atoms with Crippen LogP contribution in [0.3, 0.4) is 0 Å². The van der Waals surface area contributed by atoms with Gasteiger partial charge >= 0.3 is 0 Å². The van der Waals surface area contributed by atoms with E-state index in [1.807, 2.05) is 53.1 Å². The van der Waals surface area contributed by atoms with Gasteiger partial charge in [0.05, 0.1) is 17.6 Å². The number of carbonyl (C=O) groups excluding carboxylic acids is 1. The molecule has 0 aliphatic carbocycles. The fourth-order valence-electron chi connectivity index (χ4n) is 3.02. The summed E-state index contributed by atoms with van der Waals surface area (Å²) in [6.45, 7) is 0. The molecule has 4 rings (SSSR count). The number of carbonyl (C=O) groups is 1. The molecule has 8 heteroatoms. The minimum atomic E-state index is -0.141. The molecule has 3 aromatic carbocycles. The van der Waals surface area contributed by atoms with Crippen molar-refractivity contribution in [2.24, 2.45) is 0 Å². The van der Waals surface area contributed by atoms with Crippen molar-refractivity contribution in [1.29, 1.82) is 0 Å². The van der Waals surface area contributed by atoms with Crippen LogP contribution >= 0.6 is 50.9 Å². The number of rotatable bonds is 6. The van der Waals surface area contributed by atoms with Crippen molar-refractivity contribution in [1.82, 2.24) is 9.55 Å². The van der Waals surface area contributed by atoms with Crippen molar-refractivity contribution in [2.75, 3.05) is 11.1 Å². The standard InChI is InChI=1S/C23H16BrCl2N3OS/c24-16-9-7-15(8-10-16)21-13-27-23(29(21)20-6-2-4-18(26)12-20)31-14-22(30)28-19-5-1-3-17(25)11-19/h1-13H,14H2,(H,28,30). The van der Waals surface area contributed by atoms with E-state index in [4.69, 9.17) is 23.2 Å². The third-order valence-electron chi connectivity index (χ3n) is 4.38. The smallest absolute Gasteiger partial charge is 0.234 e. The number of aromatic nitrogens is 2. The minimum absolute atomic E-state index is 0.141. The second-order valence-corrected chi connectivity index (χ2v) is 9.33. The van der Waals surface area contributed by atoms with Crippen molar-refractivity contribution in [2.45, 2.75) is 5.16 Å². The van der Waals surface area contributed by atoms with Crippen molar-refractivity contribution in [3.05, 3.63) is 93.5 Å². The number of nitrogens with one attached hydrogen (secondary N) is 1. The number of nitrogens with zero attached hydrogens (tertiary/aromatic N) is 2. The Morgan fingerprint density at radius 3 is 2.42 bits per heavy atom. The Labute approximate surface area is 202 Å². The van der Waals surface area contributed by atoms with Gasteiger partial charge in [0, 0.05) is 31.5 Å². The lowest BCUT2D eigenvalue weighted by Crippen LogP contribution is -2.14. The van der Waals surface area contributed by atoms with Crippen LogP contribution in [-0.4, -0.2) is 21.2 Å². The molecule has 0 saturated carbocycles. The summed E-state index contributed by atoms with van der Waals surface area (Å²) >= 11 is 17.1. The summed E-state index contributed by atoms with van der Waals surface area (Å²) in [5.41, 5.74) is 3.45. The number of amides is 1. The zero-order valence-corrected chi connectivity index (χ0v) is 20.0. The van der Waals surface area contributed by atoms with E-state index in [0.29, 0.717) is 20.9 Å². The molecule has 156 valence electrons. The Hall–Kier alpha value is -2.25. The highest BCUT2D eigenvalue weighted by Crippen LogP contribution is 2.31. The van der Waals surface area contributed by atoms with Gasteiger partial charge < -0.3 is 5.32 Å². The molecule has 0 aliphatic rings. The zero-order valence-electron chi connectivity index (χ0n) is 16.1. The van der Waals surface area contributed by atoms with Crippen LogP contribution in [0.15, 0.2) is 88.6 Å². The van der Waals surface area contributed by atoms with Crippen molar-refractivity contribution in [3.8, 4) is 16.9 Å². The van der Waals surface area contributed by atoms with Crippen LogP contribution in [-0.2, 0) is 4.79 Å². The maximum absolute atomic E-state index is 12.5. The zero-order chi connectivity index (χ0) is 21.8. The molecule has 0 spiro atoms. The maximum Gasteiger partial charge on any atom is 0.234 e. The van der Waals surface area contributed by atoms with Crippen molar-refractivity contribution < 1.29 is 4.79 Å². The fraction of sp³-hybridized carbons (Fsp3) is 0.0435. The van der Waals surface area contributed by atoms with E-state index in [2.05, 4.69) is 26.2 Å². The topological polar surface area (TPSA) is 46.9 Å². The first-order chi connectivity index (χ1) is 15.0. The first-order valence-corrected chi connectivity index (χ1v) is 11.8. The normalized spacial score (nSPS) is 10.8. The molecular weight excluding hydrogens is 517 g/mol. The van der Waals surface area contributed by atoms with E-state index in [-0.39, 0.29) is 11.7 Å². The molecule has 0 aliphatic heterocycles. The molecule has 4 nitrogen and oxygen atoms in total. The fourth-order valence-corrected chi connectivity index (χ4v) is 4.45. The number of hydrogen-bond acceptors (Lipinski definition) is 3. The van der Waals surface area contributed by atoms with Gasteiger partial charge in [-0.25, -0.2) is 4.98 Å². The molecule has 0 fully saturated rings. The van der Waals surface area contributed by atoms with Gasteiger partial charge in [-0.2, -0.15) is 0 Å². The molecule has 4 aromatic rings. The van der Waals surface area contributed by atoms with Gasteiger partial charge in [-0.15, -0.1) is 0 Å². The van der Waals surface area contributed by atoms with E-state index in [1.165, 1.54) is 11.8 Å². The van der Waals surface area contributed by atoms with E-state index in [0.717, 1.165) is 21.4 Å². The number of benzene rings is 3. The summed E-state index contributed by atoms with van der Waals surface area (Å²) in [7, 11) is 0. The average Bonchev–Trinajstić information content (AvgIpc) is 3.17. The molecule has 1 heterocycles. The molecule has 0 unspecified atom stereocenters. The van der Waals surface area contributed by atoms with Gasteiger partial charge in [0.25, 0.3) is 0 Å². The molecular formula is C23H16BrCl2N3OS. The van der Waals surface area contributed by atoms with Crippen molar-refractivity contribution in [3.63, 3.8) is 0 Å². The van der Waals surface area contributed by atoms with E-state index in [1.54, 1.807) is 30.5 Å². The van der Waals surface area contributed by atoms with Crippen LogP contribution in [0.5, 0.6) is 0 Å². The van der Waals surface area contributed by atoms with Crippen LogP contribution in [0.4, 0.5) is 5.69 Å². The SMILES string of the molecule is O=C(CSc1ncc(-c2ccc(Br)cc2)n1-c1cccc(Cl)c1)Nc1cccc(Cl)c1. The molecule has 1 aromatic heterocycles. The van der Waals surface area contributed by atoms with Crippen LogP contribution in [0.1, 0.15) is 0 Å². The molecule has 0 atom stereocenters. The molecule has 0 bridgehead atoms. The van der Waals surface area contributed by atoms with E-state index in [9.17, 15) is 4.79 Å². The minimum Gasteiger partial charge on any atom is -0.325 e. The summed E-state index contributed by atoms with van der Waals surface area (Å²) in [6.07, 6.45) is 1.81. The molecule has 1 N–H and O–H groups in total. The highest BCUT2D eigenvalue weighted by atomic mass is 79.9. The lowest BCUT2D eigenvalue weighted by Gasteiger charge is -2.13. The highest BCUT2D eigenvalue weighted by Gasteiger charge is 2.16. The monoisotopic (exact) mass is 531 g/mol.